The first-order valence-corrected chi connectivity index (χ1v) is 48.9. The van der Waals surface area contributed by atoms with Crippen LogP contribution >= 0.6 is 0 Å². The van der Waals surface area contributed by atoms with E-state index in [2.05, 4.69) is 516 Å². The van der Waals surface area contributed by atoms with Gasteiger partial charge in [0.2, 0.25) is 0 Å². The molecule has 658 valence electrons. The van der Waals surface area contributed by atoms with Crippen LogP contribution in [0.4, 0.5) is 0 Å². The molecule has 0 unspecified atom stereocenters. The van der Waals surface area contributed by atoms with Crippen molar-refractivity contribution in [1.82, 2.24) is 15.0 Å². The fourth-order valence-corrected chi connectivity index (χ4v) is 22.5. The Hall–Kier alpha value is -18.7. The third-order valence-corrected chi connectivity index (χ3v) is 29.3. The highest BCUT2D eigenvalue weighted by Gasteiger charge is 2.25. The molecule has 0 spiro atoms. The van der Waals surface area contributed by atoms with Crippen molar-refractivity contribution < 1.29 is 0 Å². The van der Waals surface area contributed by atoms with Gasteiger partial charge < -0.3 is 0 Å². The predicted octanol–water partition coefficient (Wildman–Crippen LogP) is 38.4. The van der Waals surface area contributed by atoms with Crippen molar-refractivity contribution >= 4 is 173 Å². The molecule has 0 saturated carbocycles. The molecule has 3 heteroatoms. The monoisotopic (exact) mass is 1800 g/mol. The SMILES string of the molecule is c1ccc2cc(-c3c4ccccc4c(-c4ccc5ccccc5c4)c4cc(-c5cc(-c6cccc7ccccc67)ccn5)ccc34)ccc2c1.c1ccc2cc(-c3c4ccccc4c(-c4ccc5ccccc5c4)c4cc(-c5ccc6ccccc6n5)ccc34)ccc2c1.c1ccc2cc(-c3c4ccccc4c(-c4ccc5ccccc5c4)c4cc(-c5cnc6c(ccc7ccccc76)c5)ccc34)ccc2c1. The van der Waals surface area contributed by atoms with Crippen molar-refractivity contribution in [2.75, 3.05) is 0 Å². The molecule has 0 aliphatic carbocycles. The standard InChI is InChI=1S/C49H31N.C47H29N.C43H27N/c1-3-13-35-28-39(22-20-32(35)10-1)48-43-17-7-8-18-44(43)49(40-23-21-33-11-2-4-14-36(33)29-40)46-30-38(24-25-45(46)48)47-31-37(26-27-50-47)42-19-9-15-34-12-5-6-16-41(34)42;1-3-12-33-25-36(20-17-30(33)9-1)45-41-15-7-8-16-42(41)46(37-21-18-31-10-2-4-13-34(31)26-37)44-28-35(23-24-43(44)45)39-27-38-22-19-32-11-5-6-14-40(32)47(38)48-29-39;1-3-12-31-25-34(19-17-28(31)9-1)42-36-14-6-7-15-37(36)43(35-20-18-29-10-2-4-13-32(29)26-35)39-27-33(21-23-38(39)42)41-24-22-30-11-5-8-16-40(30)44-41/h1-31H;1-29H;1-27H. The van der Waals surface area contributed by atoms with Gasteiger partial charge in [-0.05, 0) is 314 Å². The number of aromatic nitrogens is 3. The molecule has 29 rings (SSSR count). The minimum absolute atomic E-state index is 0.960. The molecule has 142 heavy (non-hydrogen) atoms. The van der Waals surface area contributed by atoms with Gasteiger partial charge in [0.25, 0.3) is 0 Å². The zero-order valence-corrected chi connectivity index (χ0v) is 77.6. The average molecular weight is 1800 g/mol. The summed E-state index contributed by atoms with van der Waals surface area (Å²) in [6, 6.07) is 188. The minimum atomic E-state index is 0.960. The Morgan fingerprint density at radius 1 is 0.127 bits per heavy atom. The molecule has 0 aliphatic rings. The molecule has 3 nitrogen and oxygen atoms in total. The maximum atomic E-state index is 5.07. The number of hydrogen-bond donors (Lipinski definition) is 0. The molecule has 0 fully saturated rings. The number of benzene rings is 26. The smallest absolute Gasteiger partial charge is 0.0780 e. The quantitative estimate of drug-likeness (QED) is 0.101. The summed E-state index contributed by atoms with van der Waals surface area (Å²) in [5, 5.41) is 37.1. The van der Waals surface area contributed by atoms with Gasteiger partial charge in [0, 0.05) is 45.2 Å². The van der Waals surface area contributed by atoms with E-state index in [-0.39, 0.29) is 0 Å². The molecular formula is C139H87N3. The van der Waals surface area contributed by atoms with Gasteiger partial charge in [-0.25, -0.2) is 4.98 Å². The maximum absolute atomic E-state index is 5.07. The van der Waals surface area contributed by atoms with Crippen molar-refractivity contribution in [3.63, 3.8) is 0 Å². The van der Waals surface area contributed by atoms with Gasteiger partial charge in [0.15, 0.2) is 0 Å². The second-order valence-electron chi connectivity index (χ2n) is 37.5. The van der Waals surface area contributed by atoms with Crippen LogP contribution in [-0.2, 0) is 0 Å². The third kappa shape index (κ3) is 14.7. The van der Waals surface area contributed by atoms with Gasteiger partial charge in [-0.3, -0.25) is 9.97 Å². The number of para-hydroxylation sites is 1. The molecule has 3 aromatic heterocycles. The van der Waals surface area contributed by atoms with E-state index in [0.29, 0.717) is 0 Å². The highest BCUT2D eigenvalue weighted by Crippen LogP contribution is 2.52. The highest BCUT2D eigenvalue weighted by atomic mass is 14.7. The van der Waals surface area contributed by atoms with Crippen molar-refractivity contribution in [2.24, 2.45) is 0 Å². The molecule has 0 N–H and O–H groups in total. The van der Waals surface area contributed by atoms with Gasteiger partial charge in [-0.1, -0.05) is 431 Å². The lowest BCUT2D eigenvalue weighted by Crippen LogP contribution is -1.93. The number of hydrogen-bond acceptors (Lipinski definition) is 3. The van der Waals surface area contributed by atoms with Crippen molar-refractivity contribution in [3.05, 3.63) is 528 Å². The van der Waals surface area contributed by atoms with E-state index in [4.69, 9.17) is 15.0 Å². The van der Waals surface area contributed by atoms with Gasteiger partial charge in [0.05, 0.1) is 22.4 Å². The van der Waals surface area contributed by atoms with Crippen molar-refractivity contribution in [1.29, 1.82) is 0 Å². The van der Waals surface area contributed by atoms with Crippen LogP contribution in [0.3, 0.4) is 0 Å². The fourth-order valence-electron chi connectivity index (χ4n) is 22.5. The molecule has 0 aliphatic heterocycles. The molecule has 0 bridgehead atoms. The second-order valence-corrected chi connectivity index (χ2v) is 37.5. The van der Waals surface area contributed by atoms with Crippen LogP contribution < -0.4 is 0 Å². The van der Waals surface area contributed by atoms with Crippen LogP contribution in [-0.4, -0.2) is 15.0 Å². The van der Waals surface area contributed by atoms with Crippen LogP contribution in [0.5, 0.6) is 0 Å². The van der Waals surface area contributed by atoms with E-state index in [1.807, 2.05) is 12.4 Å². The summed E-state index contributed by atoms with van der Waals surface area (Å²) < 4.78 is 0. The van der Waals surface area contributed by atoms with E-state index in [0.717, 1.165) is 61.0 Å². The van der Waals surface area contributed by atoms with Crippen LogP contribution in [0, 0.1) is 0 Å². The van der Waals surface area contributed by atoms with E-state index < -0.39 is 0 Å². The minimum Gasteiger partial charge on any atom is -0.256 e. The van der Waals surface area contributed by atoms with Gasteiger partial charge in [-0.2, -0.15) is 0 Å². The van der Waals surface area contributed by atoms with Gasteiger partial charge >= 0.3 is 0 Å². The Morgan fingerprint density at radius 3 is 0.810 bits per heavy atom. The largest absolute Gasteiger partial charge is 0.256 e. The number of nitrogens with zero attached hydrogens (tertiary/aromatic N) is 3. The lowest BCUT2D eigenvalue weighted by Gasteiger charge is -2.19. The molecule has 29 aromatic rings. The first-order chi connectivity index (χ1) is 70.4. The highest BCUT2D eigenvalue weighted by molar-refractivity contribution is 6.27. The van der Waals surface area contributed by atoms with E-state index in [1.165, 1.54) is 223 Å². The molecule has 0 radical (unpaired) electrons. The second kappa shape index (κ2) is 34.8. The Bertz CT molecular complexity index is 10200. The summed E-state index contributed by atoms with van der Waals surface area (Å²) in [5.41, 5.74) is 25.8. The number of fused-ring (bicyclic) bond motifs is 17. The molecule has 3 heterocycles. The van der Waals surface area contributed by atoms with Crippen LogP contribution in [0.25, 0.3) is 284 Å². The number of pyridine rings is 3. The third-order valence-electron chi connectivity index (χ3n) is 29.3. The summed E-state index contributed by atoms with van der Waals surface area (Å²) >= 11 is 0. The normalized spacial score (nSPS) is 11.7. The van der Waals surface area contributed by atoms with Gasteiger partial charge in [0.1, 0.15) is 0 Å². The summed E-state index contributed by atoms with van der Waals surface area (Å²) in [4.78, 5) is 15.0. The molecular weight excluding hydrogens is 1710 g/mol. The average Bonchev–Trinajstić information content (AvgIpc) is 0.732. The van der Waals surface area contributed by atoms with E-state index in [9.17, 15) is 0 Å². The number of rotatable bonds is 10. The summed E-state index contributed by atoms with van der Waals surface area (Å²) in [5.74, 6) is 0. The maximum Gasteiger partial charge on any atom is 0.0780 e. The lowest BCUT2D eigenvalue weighted by molar-refractivity contribution is 1.33. The Kier molecular flexibility index (Phi) is 20.3. The Labute approximate surface area is 821 Å². The Morgan fingerprint density at radius 2 is 0.401 bits per heavy atom. The van der Waals surface area contributed by atoms with Crippen molar-refractivity contribution in [2.45, 2.75) is 0 Å². The van der Waals surface area contributed by atoms with E-state index in [1.54, 1.807) is 0 Å². The van der Waals surface area contributed by atoms with Crippen LogP contribution in [0.15, 0.2) is 528 Å². The first-order valence-electron chi connectivity index (χ1n) is 48.9. The van der Waals surface area contributed by atoms with Crippen LogP contribution in [0.1, 0.15) is 0 Å². The summed E-state index contributed by atoms with van der Waals surface area (Å²) in [7, 11) is 0. The Balaban J connectivity index is 0.000000107. The molecule has 0 saturated heterocycles. The molecule has 0 atom stereocenters. The van der Waals surface area contributed by atoms with Gasteiger partial charge in [-0.15, -0.1) is 0 Å². The molecule has 0 amide bonds. The zero-order valence-electron chi connectivity index (χ0n) is 77.6. The zero-order chi connectivity index (χ0) is 93.7. The lowest BCUT2D eigenvalue weighted by atomic mass is 9.84. The van der Waals surface area contributed by atoms with Crippen molar-refractivity contribution in [3.8, 4) is 112 Å². The first kappa shape index (κ1) is 82.8. The predicted molar refractivity (Wildman–Crippen MR) is 607 cm³/mol. The summed E-state index contributed by atoms with van der Waals surface area (Å²) in [6.07, 6.45) is 3.98. The fraction of sp³-hybridized carbons (Fsp3) is 0. The topological polar surface area (TPSA) is 38.7 Å². The van der Waals surface area contributed by atoms with E-state index >= 15 is 0 Å². The molecule has 26 aromatic carbocycles. The van der Waals surface area contributed by atoms with Crippen LogP contribution in [0.2, 0.25) is 0 Å². The summed E-state index contributed by atoms with van der Waals surface area (Å²) in [6.45, 7) is 0.